The van der Waals surface area contributed by atoms with Gasteiger partial charge in [0.15, 0.2) is 0 Å². The van der Waals surface area contributed by atoms with Gasteiger partial charge in [-0.3, -0.25) is 0 Å². The first kappa shape index (κ1) is 18.0. The van der Waals surface area contributed by atoms with Crippen LogP contribution >= 0.6 is 0 Å². The van der Waals surface area contributed by atoms with E-state index in [-0.39, 0.29) is 0 Å². The van der Waals surface area contributed by atoms with E-state index in [1.807, 2.05) is 33.8 Å². The van der Waals surface area contributed by atoms with E-state index in [2.05, 4.69) is 6.92 Å². The predicted octanol–water partition coefficient (Wildman–Crippen LogP) is 3.42. The molecule has 2 rings (SSSR count). The molecule has 1 aliphatic heterocycles. The molecular weight excluding hydrogens is 291 g/mol. The topological polar surface area (TPSA) is 55.8 Å². The van der Waals surface area contributed by atoms with E-state index >= 15 is 0 Å². The molecule has 0 unspecified atom stereocenters. The summed E-state index contributed by atoms with van der Waals surface area (Å²) in [6.07, 6.45) is 3.96. The van der Waals surface area contributed by atoms with Crippen molar-refractivity contribution in [2.45, 2.75) is 71.5 Å². The van der Waals surface area contributed by atoms with E-state index in [0.29, 0.717) is 5.56 Å². The molecule has 0 saturated carbocycles. The average molecular weight is 318 g/mol. The zero-order chi connectivity index (χ0) is 17.3. The van der Waals surface area contributed by atoms with Crippen molar-refractivity contribution in [2.24, 2.45) is 0 Å². The lowest BCUT2D eigenvalue weighted by atomic mass is 9.77. The van der Waals surface area contributed by atoms with Crippen molar-refractivity contribution in [1.29, 1.82) is 0 Å². The third-order valence-corrected chi connectivity index (χ3v) is 4.93. The minimum atomic E-state index is -0.878. The monoisotopic (exact) mass is 318 g/mol. The summed E-state index contributed by atoms with van der Waals surface area (Å²) in [4.78, 5) is 11.4. The van der Waals surface area contributed by atoms with Crippen molar-refractivity contribution in [3.8, 4) is 0 Å². The van der Waals surface area contributed by atoms with Crippen LogP contribution in [0.3, 0.4) is 0 Å². The summed E-state index contributed by atoms with van der Waals surface area (Å²) in [6, 6.07) is 5.40. The Bertz CT molecular complexity index is 564. The third kappa shape index (κ3) is 3.78. The summed E-state index contributed by atoms with van der Waals surface area (Å²) in [5.74, 6) is -0.878. The van der Waals surface area contributed by atoms with Crippen LogP contribution in [0.2, 0.25) is 0 Å². The standard InChI is InChI=1S/C18H27BO4/c1-6-7-8-9-13-12-14(10-11-15(13)16(20)21)19-22-17(2,3)18(4,5)23-19/h10-12H,6-9H2,1-5H3,(H,20,21). The van der Waals surface area contributed by atoms with Crippen LogP contribution in [0.5, 0.6) is 0 Å². The smallest absolute Gasteiger partial charge is 0.478 e. The molecule has 0 aromatic heterocycles. The van der Waals surface area contributed by atoms with Gasteiger partial charge in [0.1, 0.15) is 0 Å². The highest BCUT2D eigenvalue weighted by Gasteiger charge is 2.51. The Morgan fingerprint density at radius 3 is 2.26 bits per heavy atom. The van der Waals surface area contributed by atoms with Crippen LogP contribution < -0.4 is 5.46 Å². The van der Waals surface area contributed by atoms with Crippen molar-refractivity contribution < 1.29 is 19.2 Å². The highest BCUT2D eigenvalue weighted by atomic mass is 16.7. The number of rotatable bonds is 6. The van der Waals surface area contributed by atoms with Crippen molar-refractivity contribution >= 4 is 18.6 Å². The highest BCUT2D eigenvalue weighted by Crippen LogP contribution is 2.36. The van der Waals surface area contributed by atoms with Gasteiger partial charge < -0.3 is 14.4 Å². The third-order valence-electron chi connectivity index (χ3n) is 4.93. The Labute approximate surface area is 139 Å². The Morgan fingerprint density at radius 1 is 1.13 bits per heavy atom. The first-order chi connectivity index (χ1) is 10.7. The molecule has 4 nitrogen and oxygen atoms in total. The number of aromatic carboxylic acids is 1. The Kier molecular flexibility index (Phi) is 5.22. The summed E-state index contributed by atoms with van der Waals surface area (Å²) in [5, 5.41) is 9.38. The van der Waals surface area contributed by atoms with Gasteiger partial charge in [-0.15, -0.1) is 0 Å². The molecule has 1 saturated heterocycles. The lowest BCUT2D eigenvalue weighted by Gasteiger charge is -2.32. The predicted molar refractivity (Wildman–Crippen MR) is 92.3 cm³/mol. The van der Waals surface area contributed by atoms with Crippen molar-refractivity contribution in [2.75, 3.05) is 0 Å². The van der Waals surface area contributed by atoms with E-state index in [4.69, 9.17) is 9.31 Å². The number of benzene rings is 1. The Balaban J connectivity index is 2.27. The van der Waals surface area contributed by atoms with E-state index in [0.717, 1.165) is 36.7 Å². The van der Waals surface area contributed by atoms with Crippen LogP contribution in [0.25, 0.3) is 0 Å². The van der Waals surface area contributed by atoms with Gasteiger partial charge in [0.05, 0.1) is 16.8 Å². The second-order valence-corrected chi connectivity index (χ2v) is 7.27. The molecule has 1 aromatic carbocycles. The van der Waals surface area contributed by atoms with Crippen LogP contribution in [-0.4, -0.2) is 29.4 Å². The molecule has 1 N–H and O–H groups in total. The number of carboxylic acid groups (broad SMARTS) is 1. The van der Waals surface area contributed by atoms with Gasteiger partial charge in [-0.2, -0.15) is 0 Å². The van der Waals surface area contributed by atoms with Gasteiger partial charge in [0, 0.05) is 0 Å². The van der Waals surface area contributed by atoms with E-state index in [9.17, 15) is 9.90 Å². The zero-order valence-electron chi connectivity index (χ0n) is 14.8. The van der Waals surface area contributed by atoms with Gasteiger partial charge >= 0.3 is 13.1 Å². The lowest BCUT2D eigenvalue weighted by Crippen LogP contribution is -2.41. The van der Waals surface area contributed by atoms with E-state index < -0.39 is 24.3 Å². The molecule has 1 fully saturated rings. The molecule has 126 valence electrons. The van der Waals surface area contributed by atoms with Crippen LogP contribution in [0, 0.1) is 0 Å². The maximum absolute atomic E-state index is 11.4. The molecule has 0 bridgehead atoms. The fourth-order valence-corrected chi connectivity index (χ4v) is 2.72. The largest absolute Gasteiger partial charge is 0.494 e. The van der Waals surface area contributed by atoms with Crippen LogP contribution in [0.15, 0.2) is 18.2 Å². The summed E-state index contributed by atoms with van der Waals surface area (Å²) in [7, 11) is -0.451. The maximum Gasteiger partial charge on any atom is 0.494 e. The molecule has 0 aliphatic carbocycles. The van der Waals surface area contributed by atoms with Gasteiger partial charge in [0.25, 0.3) is 0 Å². The molecule has 0 atom stereocenters. The average Bonchev–Trinajstić information content (AvgIpc) is 2.67. The first-order valence-electron chi connectivity index (χ1n) is 8.39. The second kappa shape index (κ2) is 6.66. The molecule has 23 heavy (non-hydrogen) atoms. The van der Waals surface area contributed by atoms with Gasteiger partial charge in [-0.05, 0) is 57.6 Å². The first-order valence-corrected chi connectivity index (χ1v) is 8.39. The van der Waals surface area contributed by atoms with Crippen molar-refractivity contribution in [1.82, 2.24) is 0 Å². The van der Waals surface area contributed by atoms with E-state index in [1.165, 1.54) is 0 Å². The number of hydrogen-bond acceptors (Lipinski definition) is 3. The quantitative estimate of drug-likeness (QED) is 0.645. The van der Waals surface area contributed by atoms with Crippen LogP contribution in [0.1, 0.15) is 69.8 Å². The molecule has 1 heterocycles. The fraction of sp³-hybridized carbons (Fsp3) is 0.611. The second-order valence-electron chi connectivity index (χ2n) is 7.27. The Morgan fingerprint density at radius 2 is 1.74 bits per heavy atom. The van der Waals surface area contributed by atoms with Crippen molar-refractivity contribution in [3.63, 3.8) is 0 Å². The van der Waals surface area contributed by atoms with Crippen LogP contribution in [-0.2, 0) is 15.7 Å². The zero-order valence-corrected chi connectivity index (χ0v) is 14.8. The molecule has 0 radical (unpaired) electrons. The fourth-order valence-electron chi connectivity index (χ4n) is 2.72. The number of carbonyl (C=O) groups is 1. The normalized spacial score (nSPS) is 19.1. The minimum absolute atomic E-state index is 0.376. The summed E-state index contributed by atoms with van der Waals surface area (Å²) in [5.41, 5.74) is 1.33. The summed E-state index contributed by atoms with van der Waals surface area (Å²) >= 11 is 0. The summed E-state index contributed by atoms with van der Waals surface area (Å²) in [6.45, 7) is 10.2. The van der Waals surface area contributed by atoms with Gasteiger partial charge in [-0.25, -0.2) is 4.79 Å². The maximum atomic E-state index is 11.4. The molecule has 5 heteroatoms. The number of aryl methyl sites for hydroxylation is 1. The summed E-state index contributed by atoms with van der Waals surface area (Å²) < 4.78 is 12.1. The number of carboxylic acids is 1. The SMILES string of the molecule is CCCCCc1cc(B2OC(C)(C)C(C)(C)O2)ccc1C(=O)O. The molecule has 1 aliphatic rings. The minimum Gasteiger partial charge on any atom is -0.478 e. The molecular formula is C18H27BO4. The van der Waals surface area contributed by atoms with Gasteiger partial charge in [-0.1, -0.05) is 31.9 Å². The van der Waals surface area contributed by atoms with Gasteiger partial charge in [0.2, 0.25) is 0 Å². The highest BCUT2D eigenvalue weighted by molar-refractivity contribution is 6.62. The number of hydrogen-bond donors (Lipinski definition) is 1. The molecule has 1 aromatic rings. The Hall–Kier alpha value is -1.33. The van der Waals surface area contributed by atoms with Crippen LogP contribution in [0.4, 0.5) is 0 Å². The lowest BCUT2D eigenvalue weighted by molar-refractivity contribution is 0.00578. The molecule has 0 spiro atoms. The van der Waals surface area contributed by atoms with Crippen molar-refractivity contribution in [3.05, 3.63) is 29.3 Å². The number of unbranched alkanes of at least 4 members (excludes halogenated alkanes) is 2. The van der Waals surface area contributed by atoms with E-state index in [1.54, 1.807) is 12.1 Å². The molecule has 0 amide bonds.